The van der Waals surface area contributed by atoms with E-state index in [0.717, 1.165) is 30.4 Å². The Balaban J connectivity index is 1.79. The number of hydrogen-bond donors (Lipinski definition) is 0. The lowest BCUT2D eigenvalue weighted by Gasteiger charge is -2.11. The molecular formula is C27H24O2S2. The van der Waals surface area contributed by atoms with Crippen molar-refractivity contribution in [2.75, 3.05) is 0 Å². The van der Waals surface area contributed by atoms with Crippen molar-refractivity contribution in [3.63, 3.8) is 0 Å². The van der Waals surface area contributed by atoms with Crippen molar-refractivity contribution in [2.45, 2.75) is 47.0 Å². The van der Waals surface area contributed by atoms with E-state index in [-0.39, 0.29) is 11.6 Å². The second-order valence-electron chi connectivity index (χ2n) is 8.41. The maximum atomic E-state index is 12.0. The van der Waals surface area contributed by atoms with Gasteiger partial charge >= 0.3 is 0 Å². The number of aryl methyl sites for hydroxylation is 2. The van der Waals surface area contributed by atoms with Crippen LogP contribution in [0.15, 0.2) is 36.4 Å². The van der Waals surface area contributed by atoms with E-state index in [9.17, 15) is 9.59 Å². The van der Waals surface area contributed by atoms with Crippen LogP contribution in [0.3, 0.4) is 0 Å². The second-order valence-corrected chi connectivity index (χ2v) is 10.9. The molecule has 0 radical (unpaired) electrons. The third-order valence-corrected chi connectivity index (χ3v) is 8.53. The molecule has 156 valence electrons. The van der Waals surface area contributed by atoms with Gasteiger partial charge in [0.05, 0.1) is 0 Å². The summed E-state index contributed by atoms with van der Waals surface area (Å²) in [5.41, 5.74) is 7.01. The van der Waals surface area contributed by atoms with E-state index in [1.54, 1.807) is 13.8 Å². The van der Waals surface area contributed by atoms with Crippen molar-refractivity contribution in [3.05, 3.63) is 68.4 Å². The average molecular weight is 445 g/mol. The molecule has 2 nitrogen and oxygen atoms in total. The highest BCUT2D eigenvalue weighted by atomic mass is 32.1. The molecule has 0 unspecified atom stereocenters. The fourth-order valence-corrected chi connectivity index (χ4v) is 7.07. The van der Waals surface area contributed by atoms with Gasteiger partial charge in [-0.1, -0.05) is 0 Å². The standard InChI is InChI=1S/C27H24O2S2/c1-14(28)18-8-10-24-22(12-18)26(16(3)30-24)20-6-5-7-21(20)27-17(4)31-25-11-9-19(15(2)29)13-23(25)27/h8-13H,5-7H2,1-4H3. The molecule has 0 saturated heterocycles. The molecule has 0 spiro atoms. The molecule has 2 heterocycles. The summed E-state index contributed by atoms with van der Waals surface area (Å²) >= 11 is 3.62. The van der Waals surface area contributed by atoms with Gasteiger partial charge in [0, 0.05) is 41.1 Å². The number of ketones is 2. The molecule has 0 N–H and O–H groups in total. The Kier molecular flexibility index (Phi) is 4.95. The Bertz CT molecular complexity index is 1320. The average Bonchev–Trinajstić information content (AvgIpc) is 3.39. The van der Waals surface area contributed by atoms with Gasteiger partial charge in [-0.15, -0.1) is 22.7 Å². The first kappa shape index (κ1) is 20.3. The van der Waals surface area contributed by atoms with Crippen LogP contribution in [0.5, 0.6) is 0 Å². The monoisotopic (exact) mass is 444 g/mol. The van der Waals surface area contributed by atoms with Gasteiger partial charge in [0.1, 0.15) is 0 Å². The van der Waals surface area contributed by atoms with Crippen LogP contribution in [0.25, 0.3) is 31.3 Å². The molecule has 31 heavy (non-hydrogen) atoms. The third-order valence-electron chi connectivity index (χ3n) is 6.36. The van der Waals surface area contributed by atoms with Gasteiger partial charge < -0.3 is 0 Å². The van der Waals surface area contributed by atoms with Gasteiger partial charge in [0.2, 0.25) is 0 Å². The zero-order valence-electron chi connectivity index (χ0n) is 18.2. The van der Waals surface area contributed by atoms with Gasteiger partial charge in [0.15, 0.2) is 11.6 Å². The Morgan fingerprint density at radius 2 is 1.13 bits per heavy atom. The van der Waals surface area contributed by atoms with Gasteiger partial charge in [-0.05, 0) is 106 Å². The fraction of sp³-hybridized carbons (Fsp3) is 0.259. The van der Waals surface area contributed by atoms with Crippen molar-refractivity contribution in [3.8, 4) is 0 Å². The first-order valence-electron chi connectivity index (χ1n) is 10.7. The van der Waals surface area contributed by atoms with E-state index >= 15 is 0 Å². The molecule has 2 aromatic carbocycles. The number of carbonyl (C=O) groups is 2. The number of allylic oxidation sites excluding steroid dienone is 2. The number of rotatable bonds is 4. The molecule has 1 aliphatic carbocycles. The minimum atomic E-state index is 0.105. The first-order valence-corrected chi connectivity index (χ1v) is 12.3. The molecule has 0 atom stereocenters. The molecule has 0 amide bonds. The summed E-state index contributed by atoms with van der Waals surface area (Å²) in [5.74, 6) is 0.211. The highest BCUT2D eigenvalue weighted by Crippen LogP contribution is 2.49. The maximum absolute atomic E-state index is 12.0. The third kappa shape index (κ3) is 3.29. The highest BCUT2D eigenvalue weighted by molar-refractivity contribution is 7.19. The molecule has 2 aromatic heterocycles. The summed E-state index contributed by atoms with van der Waals surface area (Å²) in [6.07, 6.45) is 3.24. The van der Waals surface area contributed by atoms with Gasteiger partial charge in [-0.3, -0.25) is 9.59 Å². The smallest absolute Gasteiger partial charge is 0.159 e. The van der Waals surface area contributed by atoms with E-state index in [4.69, 9.17) is 0 Å². The summed E-state index contributed by atoms with van der Waals surface area (Å²) in [7, 11) is 0. The zero-order chi connectivity index (χ0) is 21.9. The van der Waals surface area contributed by atoms with E-state index in [0.29, 0.717) is 0 Å². The van der Waals surface area contributed by atoms with Crippen LogP contribution in [-0.2, 0) is 0 Å². The number of Topliss-reactive ketones (excluding diaryl/α,β-unsaturated/α-hetero) is 2. The quantitative estimate of drug-likeness (QED) is 0.297. The summed E-state index contributed by atoms with van der Waals surface area (Å²) in [4.78, 5) is 26.7. The molecule has 0 saturated carbocycles. The lowest BCUT2D eigenvalue weighted by atomic mass is 9.92. The van der Waals surface area contributed by atoms with Crippen molar-refractivity contribution < 1.29 is 9.59 Å². The lowest BCUT2D eigenvalue weighted by molar-refractivity contribution is 0.100. The molecule has 4 heteroatoms. The lowest BCUT2D eigenvalue weighted by Crippen LogP contribution is -1.93. The molecule has 1 aliphatic rings. The van der Waals surface area contributed by atoms with Crippen LogP contribution >= 0.6 is 22.7 Å². The molecule has 5 rings (SSSR count). The Morgan fingerprint density at radius 3 is 1.52 bits per heavy atom. The van der Waals surface area contributed by atoms with Crippen molar-refractivity contribution in [1.82, 2.24) is 0 Å². The van der Waals surface area contributed by atoms with E-state index in [1.165, 1.54) is 52.2 Å². The number of fused-ring (bicyclic) bond motifs is 2. The predicted molar refractivity (Wildman–Crippen MR) is 134 cm³/mol. The zero-order valence-corrected chi connectivity index (χ0v) is 19.9. The molecule has 0 bridgehead atoms. The van der Waals surface area contributed by atoms with Crippen LogP contribution in [0, 0.1) is 13.8 Å². The minimum Gasteiger partial charge on any atom is -0.295 e. The van der Waals surface area contributed by atoms with Crippen molar-refractivity contribution >= 4 is 65.6 Å². The SMILES string of the molecule is CC(=O)c1ccc2sc(C)c(C3=C(c4c(C)sc5ccc(C(C)=O)cc45)CCC3)c2c1. The highest BCUT2D eigenvalue weighted by Gasteiger charge is 2.25. The van der Waals surface area contributed by atoms with Crippen molar-refractivity contribution in [2.24, 2.45) is 0 Å². The van der Waals surface area contributed by atoms with Crippen LogP contribution in [0.1, 0.15) is 74.7 Å². The number of benzene rings is 2. The van der Waals surface area contributed by atoms with Gasteiger partial charge in [-0.25, -0.2) is 0 Å². The Labute approximate surface area is 190 Å². The topological polar surface area (TPSA) is 34.1 Å². The van der Waals surface area contributed by atoms with Crippen LogP contribution in [-0.4, -0.2) is 11.6 Å². The van der Waals surface area contributed by atoms with E-state index in [1.807, 2.05) is 34.8 Å². The molecule has 0 fully saturated rings. The second kappa shape index (κ2) is 7.54. The maximum Gasteiger partial charge on any atom is 0.159 e. The predicted octanol–water partition coefficient (Wildman–Crippen LogP) is 8.23. The number of thiophene rings is 2. The van der Waals surface area contributed by atoms with Crippen LogP contribution in [0.4, 0.5) is 0 Å². The Morgan fingerprint density at radius 1 is 0.710 bits per heavy atom. The molecule has 0 aliphatic heterocycles. The number of hydrogen-bond acceptors (Lipinski definition) is 4. The normalized spacial score (nSPS) is 14.2. The summed E-state index contributed by atoms with van der Waals surface area (Å²) < 4.78 is 2.48. The summed E-state index contributed by atoms with van der Waals surface area (Å²) in [5, 5.41) is 2.40. The molecular weight excluding hydrogens is 420 g/mol. The largest absolute Gasteiger partial charge is 0.295 e. The van der Waals surface area contributed by atoms with E-state index < -0.39 is 0 Å². The van der Waals surface area contributed by atoms with Gasteiger partial charge in [0.25, 0.3) is 0 Å². The fourth-order valence-electron chi connectivity index (χ4n) is 4.92. The van der Waals surface area contributed by atoms with Crippen molar-refractivity contribution in [1.29, 1.82) is 0 Å². The Hall–Kier alpha value is -2.56. The van der Waals surface area contributed by atoms with Gasteiger partial charge in [-0.2, -0.15) is 0 Å². The van der Waals surface area contributed by atoms with E-state index in [2.05, 4.69) is 38.1 Å². The molecule has 4 aromatic rings. The number of carbonyl (C=O) groups excluding carboxylic acids is 2. The minimum absolute atomic E-state index is 0.105. The first-order chi connectivity index (χ1) is 14.8. The summed E-state index contributed by atoms with van der Waals surface area (Å²) in [6.45, 7) is 7.66. The summed E-state index contributed by atoms with van der Waals surface area (Å²) in [6, 6.07) is 12.2. The van der Waals surface area contributed by atoms with Crippen LogP contribution in [0.2, 0.25) is 0 Å². The van der Waals surface area contributed by atoms with Crippen LogP contribution < -0.4 is 0 Å².